The molecule has 2 aromatic rings. The maximum Gasteiger partial charge on any atom is 0.219 e. The van der Waals surface area contributed by atoms with Gasteiger partial charge in [-0.15, -0.1) is 0 Å². The molecule has 3 nitrogen and oxygen atoms in total. The normalized spacial score (nSPS) is 10.0. The molecule has 0 saturated carbocycles. The van der Waals surface area contributed by atoms with E-state index in [1.54, 1.807) is 19.4 Å². The van der Waals surface area contributed by atoms with Gasteiger partial charge in [0.15, 0.2) is 0 Å². The summed E-state index contributed by atoms with van der Waals surface area (Å²) in [6.45, 7) is 0.376. The third-order valence-corrected chi connectivity index (χ3v) is 2.58. The molecule has 0 aliphatic carbocycles. The third-order valence-electron chi connectivity index (χ3n) is 2.26. The number of halogens is 1. The average molecular weight is 250 g/mol. The van der Waals surface area contributed by atoms with Gasteiger partial charge in [-0.3, -0.25) is 0 Å². The second-order valence-electron chi connectivity index (χ2n) is 3.39. The second kappa shape index (κ2) is 5.55. The molecular formula is C13H12ClNO2. The van der Waals surface area contributed by atoms with Crippen LogP contribution >= 0.6 is 11.6 Å². The van der Waals surface area contributed by atoms with Crippen LogP contribution in [0.1, 0.15) is 5.56 Å². The number of benzene rings is 1. The van der Waals surface area contributed by atoms with E-state index >= 15 is 0 Å². The zero-order valence-corrected chi connectivity index (χ0v) is 10.1. The lowest BCUT2D eigenvalue weighted by atomic mass is 10.3. The lowest BCUT2D eigenvalue weighted by Crippen LogP contribution is -2.00. The maximum absolute atomic E-state index is 5.99. The van der Waals surface area contributed by atoms with Crippen LogP contribution in [0.15, 0.2) is 42.6 Å². The summed E-state index contributed by atoms with van der Waals surface area (Å²) in [5, 5.41) is 0.593. The van der Waals surface area contributed by atoms with Gasteiger partial charge in [-0.1, -0.05) is 23.7 Å². The molecule has 1 heterocycles. The van der Waals surface area contributed by atoms with E-state index in [0.29, 0.717) is 23.3 Å². The zero-order chi connectivity index (χ0) is 12.1. The highest BCUT2D eigenvalue weighted by atomic mass is 35.5. The summed E-state index contributed by atoms with van der Waals surface area (Å²) < 4.78 is 10.8. The molecule has 0 saturated heterocycles. The fraction of sp³-hybridized carbons (Fsp3) is 0.154. The number of methoxy groups -OCH3 is 1. The van der Waals surface area contributed by atoms with Crippen LogP contribution in [0.2, 0.25) is 5.02 Å². The Kier molecular flexibility index (Phi) is 3.83. The smallest absolute Gasteiger partial charge is 0.219 e. The van der Waals surface area contributed by atoms with Gasteiger partial charge in [0.2, 0.25) is 5.88 Å². The van der Waals surface area contributed by atoms with Gasteiger partial charge in [0, 0.05) is 6.20 Å². The Bertz CT molecular complexity index is 502. The number of pyridine rings is 1. The summed E-state index contributed by atoms with van der Waals surface area (Å²) in [4.78, 5) is 4.10. The minimum atomic E-state index is 0.376. The Morgan fingerprint density at radius 1 is 1.18 bits per heavy atom. The van der Waals surface area contributed by atoms with E-state index in [9.17, 15) is 0 Å². The minimum Gasteiger partial charge on any atom is -0.487 e. The first-order valence-corrected chi connectivity index (χ1v) is 5.54. The van der Waals surface area contributed by atoms with Gasteiger partial charge in [0.25, 0.3) is 0 Å². The molecule has 0 radical (unpaired) electrons. The van der Waals surface area contributed by atoms with E-state index in [4.69, 9.17) is 21.1 Å². The van der Waals surface area contributed by atoms with Crippen molar-refractivity contribution >= 4 is 11.6 Å². The van der Waals surface area contributed by atoms with Crippen LogP contribution in [0, 0.1) is 0 Å². The number of nitrogens with zero attached hydrogens (tertiary/aromatic N) is 1. The molecule has 2 rings (SSSR count). The van der Waals surface area contributed by atoms with Crippen LogP contribution in [0.4, 0.5) is 0 Å². The Morgan fingerprint density at radius 3 is 2.76 bits per heavy atom. The van der Waals surface area contributed by atoms with Crippen LogP contribution < -0.4 is 9.47 Å². The Hall–Kier alpha value is -1.74. The SMILES string of the molecule is COc1ncccc1COc1ccccc1Cl. The molecule has 1 aromatic heterocycles. The van der Waals surface area contributed by atoms with E-state index in [-0.39, 0.29) is 0 Å². The highest BCUT2D eigenvalue weighted by molar-refractivity contribution is 6.32. The van der Waals surface area contributed by atoms with Crippen LogP contribution in [-0.2, 0) is 6.61 Å². The lowest BCUT2D eigenvalue weighted by Gasteiger charge is -2.09. The third kappa shape index (κ3) is 2.88. The number of hydrogen-bond acceptors (Lipinski definition) is 3. The van der Waals surface area contributed by atoms with Crippen molar-refractivity contribution in [2.45, 2.75) is 6.61 Å². The van der Waals surface area contributed by atoms with Gasteiger partial charge >= 0.3 is 0 Å². The van der Waals surface area contributed by atoms with Gasteiger partial charge < -0.3 is 9.47 Å². The summed E-state index contributed by atoms with van der Waals surface area (Å²) >= 11 is 5.99. The van der Waals surface area contributed by atoms with Gasteiger partial charge in [0.1, 0.15) is 12.4 Å². The van der Waals surface area contributed by atoms with Crippen molar-refractivity contribution in [1.29, 1.82) is 0 Å². The topological polar surface area (TPSA) is 31.4 Å². The van der Waals surface area contributed by atoms with Crippen molar-refractivity contribution in [2.75, 3.05) is 7.11 Å². The van der Waals surface area contributed by atoms with E-state index in [1.165, 1.54) is 0 Å². The van der Waals surface area contributed by atoms with Gasteiger partial charge in [0.05, 0.1) is 17.7 Å². The van der Waals surface area contributed by atoms with Crippen LogP contribution in [-0.4, -0.2) is 12.1 Å². The Labute approximate surface area is 105 Å². The van der Waals surface area contributed by atoms with Crippen molar-refractivity contribution in [1.82, 2.24) is 4.98 Å². The lowest BCUT2D eigenvalue weighted by molar-refractivity contribution is 0.294. The molecule has 0 aliphatic heterocycles. The molecule has 0 N–H and O–H groups in total. The number of aromatic nitrogens is 1. The largest absolute Gasteiger partial charge is 0.487 e. The number of rotatable bonds is 4. The van der Waals surface area contributed by atoms with Gasteiger partial charge in [-0.2, -0.15) is 0 Å². The minimum absolute atomic E-state index is 0.376. The van der Waals surface area contributed by atoms with Crippen molar-refractivity contribution in [3.8, 4) is 11.6 Å². The molecular weight excluding hydrogens is 238 g/mol. The quantitative estimate of drug-likeness (QED) is 0.833. The first-order chi connectivity index (χ1) is 8.31. The van der Waals surface area contributed by atoms with Crippen molar-refractivity contribution < 1.29 is 9.47 Å². The van der Waals surface area contributed by atoms with Crippen LogP contribution in [0.5, 0.6) is 11.6 Å². The summed E-state index contributed by atoms with van der Waals surface area (Å²) in [6.07, 6.45) is 1.68. The molecule has 0 atom stereocenters. The van der Waals surface area contributed by atoms with Gasteiger partial charge in [-0.25, -0.2) is 4.98 Å². The summed E-state index contributed by atoms with van der Waals surface area (Å²) in [7, 11) is 1.58. The molecule has 0 bridgehead atoms. The monoisotopic (exact) mass is 249 g/mol. The standard InChI is InChI=1S/C13H12ClNO2/c1-16-13-10(5-4-8-15-13)9-17-12-7-3-2-6-11(12)14/h2-8H,9H2,1H3. The zero-order valence-electron chi connectivity index (χ0n) is 9.39. The van der Waals surface area contributed by atoms with Crippen LogP contribution in [0.3, 0.4) is 0 Å². The summed E-state index contributed by atoms with van der Waals surface area (Å²) in [6, 6.07) is 11.1. The van der Waals surface area contributed by atoms with Crippen molar-refractivity contribution in [3.63, 3.8) is 0 Å². The molecule has 0 fully saturated rings. The molecule has 88 valence electrons. The van der Waals surface area contributed by atoms with E-state index in [2.05, 4.69) is 4.98 Å². The summed E-state index contributed by atoms with van der Waals surface area (Å²) in [5.41, 5.74) is 0.884. The van der Waals surface area contributed by atoms with Crippen molar-refractivity contribution in [2.24, 2.45) is 0 Å². The number of hydrogen-bond donors (Lipinski definition) is 0. The predicted molar refractivity (Wildman–Crippen MR) is 66.6 cm³/mol. The molecule has 0 aliphatic rings. The fourth-order valence-corrected chi connectivity index (χ4v) is 1.63. The first-order valence-electron chi connectivity index (χ1n) is 5.16. The number of ether oxygens (including phenoxy) is 2. The molecule has 17 heavy (non-hydrogen) atoms. The maximum atomic E-state index is 5.99. The van der Waals surface area contributed by atoms with Crippen molar-refractivity contribution in [3.05, 3.63) is 53.2 Å². The highest BCUT2D eigenvalue weighted by Crippen LogP contribution is 2.25. The average Bonchev–Trinajstić information content (AvgIpc) is 2.38. The molecule has 1 aromatic carbocycles. The summed E-state index contributed by atoms with van der Waals surface area (Å²) in [5.74, 6) is 1.22. The fourth-order valence-electron chi connectivity index (χ4n) is 1.44. The van der Waals surface area contributed by atoms with E-state index in [1.807, 2.05) is 30.3 Å². The predicted octanol–water partition coefficient (Wildman–Crippen LogP) is 3.32. The second-order valence-corrected chi connectivity index (χ2v) is 3.80. The van der Waals surface area contributed by atoms with E-state index < -0.39 is 0 Å². The number of para-hydroxylation sites is 1. The molecule has 0 amide bonds. The Morgan fingerprint density at radius 2 is 2.00 bits per heavy atom. The molecule has 4 heteroatoms. The first kappa shape index (κ1) is 11.7. The van der Waals surface area contributed by atoms with Crippen LogP contribution in [0.25, 0.3) is 0 Å². The van der Waals surface area contributed by atoms with E-state index in [0.717, 1.165) is 5.56 Å². The molecule has 0 spiro atoms. The Balaban J connectivity index is 2.10. The highest BCUT2D eigenvalue weighted by Gasteiger charge is 2.05. The molecule has 0 unspecified atom stereocenters. The van der Waals surface area contributed by atoms with Gasteiger partial charge in [-0.05, 0) is 24.3 Å².